The molecule has 0 amide bonds. The molecule has 0 aliphatic heterocycles. The normalized spacial score (nSPS) is 8.93. The first-order valence-electron chi connectivity index (χ1n) is 4.76. The Labute approximate surface area is 84.3 Å². The summed E-state index contributed by atoms with van der Waals surface area (Å²) in [7, 11) is 0. The summed E-state index contributed by atoms with van der Waals surface area (Å²) in [6, 6.07) is 0. The van der Waals surface area contributed by atoms with E-state index < -0.39 is 5.97 Å². The number of hydrogen-bond acceptors (Lipinski definition) is 4. The fraction of sp³-hybridized carbons (Fsp3) is 0.600. The number of aromatic nitrogens is 1. The molecule has 0 fully saturated rings. The molecule has 4 nitrogen and oxygen atoms in total. The molecule has 0 atom stereocenters. The molecule has 4 heteroatoms. The minimum absolute atomic E-state index is 0.203. The van der Waals surface area contributed by atoms with Crippen LogP contribution in [0.15, 0.2) is 4.42 Å². The summed E-state index contributed by atoms with van der Waals surface area (Å²) in [5, 5.41) is 0. The molecule has 0 unspecified atom stereocenters. The third-order valence-electron chi connectivity index (χ3n) is 1.36. The Morgan fingerprint density at radius 3 is 2.36 bits per heavy atom. The van der Waals surface area contributed by atoms with E-state index in [1.165, 1.54) is 0 Å². The van der Waals surface area contributed by atoms with Gasteiger partial charge >= 0.3 is 5.97 Å². The molecule has 0 aromatic carbocycles. The highest BCUT2D eigenvalue weighted by Crippen LogP contribution is 2.10. The second-order valence-corrected chi connectivity index (χ2v) is 2.37. The van der Waals surface area contributed by atoms with E-state index in [-0.39, 0.29) is 5.76 Å². The van der Waals surface area contributed by atoms with Gasteiger partial charge in [0.25, 0.3) is 0 Å². The van der Waals surface area contributed by atoms with Crippen LogP contribution in [0, 0.1) is 13.8 Å². The van der Waals surface area contributed by atoms with E-state index in [9.17, 15) is 4.79 Å². The van der Waals surface area contributed by atoms with Gasteiger partial charge in [-0.05, 0) is 13.8 Å². The molecule has 0 saturated carbocycles. The smallest absolute Gasteiger partial charge is 0.376 e. The van der Waals surface area contributed by atoms with Crippen molar-refractivity contribution in [1.82, 2.24) is 4.98 Å². The minimum atomic E-state index is -0.449. The third kappa shape index (κ3) is 3.20. The fourth-order valence-corrected chi connectivity index (χ4v) is 0.917. The standard InChI is InChI=1S/C8H11NO3.C2H6/c1-4-11-8(10)7-5(2)9-6(3)12-7;1-2/h4H2,1-3H3;1-2H3. The molecular formula is C10H17NO3. The van der Waals surface area contributed by atoms with E-state index in [4.69, 9.17) is 9.15 Å². The molecule has 1 aromatic rings. The number of ether oxygens (including phenoxy) is 1. The number of esters is 1. The highest BCUT2D eigenvalue weighted by molar-refractivity contribution is 5.87. The highest BCUT2D eigenvalue weighted by atomic mass is 16.5. The maximum atomic E-state index is 11.1. The van der Waals surface area contributed by atoms with Crippen molar-refractivity contribution in [2.45, 2.75) is 34.6 Å². The molecule has 0 saturated heterocycles. The molecule has 0 radical (unpaired) electrons. The summed E-state index contributed by atoms with van der Waals surface area (Å²) < 4.78 is 9.79. The van der Waals surface area contributed by atoms with Crippen molar-refractivity contribution in [1.29, 1.82) is 0 Å². The average molecular weight is 199 g/mol. The van der Waals surface area contributed by atoms with Crippen LogP contribution in [0.5, 0.6) is 0 Å². The van der Waals surface area contributed by atoms with Crippen molar-refractivity contribution < 1.29 is 13.9 Å². The van der Waals surface area contributed by atoms with Gasteiger partial charge in [-0.1, -0.05) is 13.8 Å². The van der Waals surface area contributed by atoms with Crippen LogP contribution in [0.25, 0.3) is 0 Å². The van der Waals surface area contributed by atoms with Gasteiger partial charge in [-0.25, -0.2) is 9.78 Å². The van der Waals surface area contributed by atoms with Crippen LogP contribution in [-0.4, -0.2) is 17.6 Å². The Morgan fingerprint density at radius 1 is 1.43 bits per heavy atom. The number of hydrogen-bond donors (Lipinski definition) is 0. The predicted molar refractivity (Wildman–Crippen MR) is 53.3 cm³/mol. The molecule has 0 bridgehead atoms. The van der Waals surface area contributed by atoms with Crippen LogP contribution >= 0.6 is 0 Å². The maximum Gasteiger partial charge on any atom is 0.376 e. The lowest BCUT2D eigenvalue weighted by molar-refractivity contribution is 0.0487. The number of aryl methyl sites for hydroxylation is 2. The number of nitrogens with zero attached hydrogens (tertiary/aromatic N) is 1. The van der Waals surface area contributed by atoms with Gasteiger partial charge in [0, 0.05) is 6.92 Å². The zero-order valence-electron chi connectivity index (χ0n) is 9.38. The van der Waals surface area contributed by atoms with E-state index in [0.717, 1.165) is 0 Å². The summed E-state index contributed by atoms with van der Waals surface area (Å²) in [4.78, 5) is 15.1. The number of carbonyl (C=O) groups excluding carboxylic acids is 1. The van der Waals surface area contributed by atoms with Crippen LogP contribution in [0.2, 0.25) is 0 Å². The van der Waals surface area contributed by atoms with Crippen LogP contribution in [0.1, 0.15) is 42.9 Å². The van der Waals surface area contributed by atoms with Crippen LogP contribution in [0.3, 0.4) is 0 Å². The second-order valence-electron chi connectivity index (χ2n) is 2.37. The molecular weight excluding hydrogens is 182 g/mol. The Kier molecular flexibility index (Phi) is 5.60. The van der Waals surface area contributed by atoms with Gasteiger partial charge in [-0.3, -0.25) is 0 Å². The van der Waals surface area contributed by atoms with Gasteiger partial charge in [0.1, 0.15) is 0 Å². The van der Waals surface area contributed by atoms with Crippen LogP contribution in [-0.2, 0) is 4.74 Å². The first kappa shape index (κ1) is 12.7. The topological polar surface area (TPSA) is 52.3 Å². The molecule has 1 rings (SSSR count). The third-order valence-corrected chi connectivity index (χ3v) is 1.36. The first-order chi connectivity index (χ1) is 6.65. The Bertz CT molecular complexity index is 292. The van der Waals surface area contributed by atoms with E-state index in [0.29, 0.717) is 18.2 Å². The quantitative estimate of drug-likeness (QED) is 0.687. The van der Waals surface area contributed by atoms with Gasteiger partial charge in [-0.15, -0.1) is 0 Å². The zero-order chi connectivity index (χ0) is 11.1. The number of oxazole rings is 1. The van der Waals surface area contributed by atoms with Crippen molar-refractivity contribution in [2.75, 3.05) is 6.61 Å². The predicted octanol–water partition coefficient (Wildman–Crippen LogP) is 2.49. The molecule has 14 heavy (non-hydrogen) atoms. The molecule has 0 spiro atoms. The first-order valence-corrected chi connectivity index (χ1v) is 4.76. The SMILES string of the molecule is CC.CCOC(=O)c1oc(C)nc1C. The molecule has 0 N–H and O–H groups in total. The van der Waals surface area contributed by atoms with Crippen molar-refractivity contribution in [3.63, 3.8) is 0 Å². The molecule has 1 heterocycles. The van der Waals surface area contributed by atoms with Gasteiger partial charge < -0.3 is 9.15 Å². The highest BCUT2D eigenvalue weighted by Gasteiger charge is 2.16. The van der Waals surface area contributed by atoms with Crippen LogP contribution in [0.4, 0.5) is 0 Å². The van der Waals surface area contributed by atoms with Crippen LogP contribution < -0.4 is 0 Å². The second kappa shape index (κ2) is 6.18. The lowest BCUT2D eigenvalue weighted by Gasteiger charge is -1.96. The minimum Gasteiger partial charge on any atom is -0.460 e. The van der Waals surface area contributed by atoms with Crippen molar-refractivity contribution in [3.05, 3.63) is 17.3 Å². The van der Waals surface area contributed by atoms with E-state index >= 15 is 0 Å². The summed E-state index contributed by atoms with van der Waals surface area (Å²) in [5.74, 6) is 0.237. The zero-order valence-corrected chi connectivity index (χ0v) is 9.38. The van der Waals surface area contributed by atoms with Gasteiger partial charge in [0.05, 0.1) is 12.3 Å². The molecule has 0 aliphatic carbocycles. The van der Waals surface area contributed by atoms with E-state index in [2.05, 4.69) is 4.98 Å². The monoisotopic (exact) mass is 199 g/mol. The van der Waals surface area contributed by atoms with Crippen molar-refractivity contribution in [3.8, 4) is 0 Å². The maximum absolute atomic E-state index is 11.1. The van der Waals surface area contributed by atoms with Gasteiger partial charge in [0.2, 0.25) is 5.76 Å². The Morgan fingerprint density at radius 2 is 2.00 bits per heavy atom. The molecule has 1 aromatic heterocycles. The Hall–Kier alpha value is -1.32. The van der Waals surface area contributed by atoms with E-state index in [1.807, 2.05) is 13.8 Å². The van der Waals surface area contributed by atoms with Crippen molar-refractivity contribution in [2.24, 2.45) is 0 Å². The lowest BCUT2D eigenvalue weighted by atomic mass is 10.4. The fourth-order valence-electron chi connectivity index (χ4n) is 0.917. The number of rotatable bonds is 2. The lowest BCUT2D eigenvalue weighted by Crippen LogP contribution is -2.04. The van der Waals surface area contributed by atoms with E-state index in [1.54, 1.807) is 20.8 Å². The largest absolute Gasteiger partial charge is 0.460 e. The van der Waals surface area contributed by atoms with Gasteiger partial charge in [0.15, 0.2) is 5.89 Å². The Balaban J connectivity index is 0.000000791. The summed E-state index contributed by atoms with van der Waals surface area (Å²) >= 11 is 0. The molecule has 0 aliphatic rings. The summed E-state index contributed by atoms with van der Waals surface area (Å²) in [5.41, 5.74) is 0.575. The number of carbonyl (C=O) groups is 1. The summed E-state index contributed by atoms with van der Waals surface area (Å²) in [6.07, 6.45) is 0. The summed E-state index contributed by atoms with van der Waals surface area (Å²) in [6.45, 7) is 9.49. The average Bonchev–Trinajstić information content (AvgIpc) is 2.49. The van der Waals surface area contributed by atoms with Crippen molar-refractivity contribution >= 4 is 5.97 Å². The molecule has 80 valence electrons. The van der Waals surface area contributed by atoms with Gasteiger partial charge in [-0.2, -0.15) is 0 Å².